The zero-order valence-corrected chi connectivity index (χ0v) is 13.6. The molecule has 0 aromatic heterocycles. The Hall–Kier alpha value is -0.290. The van der Waals surface area contributed by atoms with Gasteiger partial charge in [-0.25, -0.2) is 0 Å². The highest BCUT2D eigenvalue weighted by molar-refractivity contribution is 8.23. The van der Waals surface area contributed by atoms with Gasteiger partial charge >= 0.3 is 0 Å². The predicted octanol–water partition coefficient (Wildman–Crippen LogP) is 5.50. The Morgan fingerprint density at radius 2 is 2.11 bits per heavy atom. The number of allylic oxidation sites excluding steroid dienone is 1. The summed E-state index contributed by atoms with van der Waals surface area (Å²) in [7, 11) is 0. The molecule has 5 heteroatoms. The molecule has 0 radical (unpaired) electrons. The number of rotatable bonds is 4. The van der Waals surface area contributed by atoms with Crippen molar-refractivity contribution in [2.45, 2.75) is 11.5 Å². The number of carbonyl (C=O) groups is 1. The average Bonchev–Trinajstić information content (AvgIpc) is 2.78. The zero-order chi connectivity index (χ0) is 13.8. The molecule has 19 heavy (non-hydrogen) atoms. The molecule has 0 bridgehead atoms. The van der Waals surface area contributed by atoms with Crippen LogP contribution in [-0.4, -0.2) is 10.9 Å². The minimum absolute atomic E-state index is 0.0286. The van der Waals surface area contributed by atoms with Crippen LogP contribution in [0.3, 0.4) is 0 Å². The molecule has 1 aromatic carbocycles. The summed E-state index contributed by atoms with van der Waals surface area (Å²) in [4.78, 5) is 13.8. The first-order chi connectivity index (χ1) is 9.10. The lowest BCUT2D eigenvalue weighted by Crippen LogP contribution is -1.89. The van der Waals surface area contributed by atoms with Gasteiger partial charge in [-0.15, -0.1) is 23.5 Å². The van der Waals surface area contributed by atoms with Crippen molar-refractivity contribution in [1.29, 1.82) is 0 Å². The maximum atomic E-state index is 11.3. The van der Waals surface area contributed by atoms with Gasteiger partial charge in [0.2, 0.25) is 5.12 Å². The fourth-order valence-electron chi connectivity index (χ4n) is 1.55. The van der Waals surface area contributed by atoms with E-state index in [1.165, 1.54) is 33.2 Å². The molecule has 1 nitrogen and oxygen atoms in total. The maximum Gasteiger partial charge on any atom is 0.211 e. The van der Waals surface area contributed by atoms with Crippen LogP contribution in [0.2, 0.25) is 5.02 Å². The summed E-state index contributed by atoms with van der Waals surface area (Å²) in [5.74, 6) is 0.735. The van der Waals surface area contributed by atoms with E-state index in [-0.39, 0.29) is 5.12 Å². The van der Waals surface area contributed by atoms with Crippen molar-refractivity contribution in [2.24, 2.45) is 0 Å². The van der Waals surface area contributed by atoms with Gasteiger partial charge < -0.3 is 0 Å². The second-order valence-corrected chi connectivity index (χ2v) is 8.14. The molecule has 1 heterocycles. The lowest BCUT2D eigenvalue weighted by Gasteiger charge is -2.09. The first kappa shape index (κ1) is 15.1. The van der Waals surface area contributed by atoms with Gasteiger partial charge in [-0.05, 0) is 35.6 Å². The molecule has 1 aliphatic rings. The molecule has 0 N–H and O–H groups in total. The second kappa shape index (κ2) is 6.93. The largest absolute Gasteiger partial charge is 0.282 e. The van der Waals surface area contributed by atoms with Crippen LogP contribution >= 0.6 is 46.9 Å². The quantitative estimate of drug-likeness (QED) is 0.679. The molecule has 1 unspecified atom stereocenters. The van der Waals surface area contributed by atoms with Gasteiger partial charge in [-0.1, -0.05) is 42.1 Å². The topological polar surface area (TPSA) is 17.1 Å². The van der Waals surface area contributed by atoms with E-state index in [0.717, 1.165) is 10.8 Å². The number of hydrogen-bond donors (Lipinski definition) is 0. The molecular formula is C14H13ClOS3. The first-order valence-electron chi connectivity index (χ1n) is 5.68. The summed E-state index contributed by atoms with van der Waals surface area (Å²) in [5, 5.41) is 0.787. The van der Waals surface area contributed by atoms with Crippen LogP contribution in [0, 0.1) is 0 Å². The van der Waals surface area contributed by atoms with E-state index in [1.807, 2.05) is 35.7 Å². The van der Waals surface area contributed by atoms with Gasteiger partial charge in [0.25, 0.3) is 0 Å². The lowest BCUT2D eigenvalue weighted by atomic mass is 10.2. The van der Waals surface area contributed by atoms with E-state index in [0.29, 0.717) is 4.58 Å². The van der Waals surface area contributed by atoms with Crippen LogP contribution in [-0.2, 0) is 4.79 Å². The third-order valence-electron chi connectivity index (χ3n) is 2.58. The van der Waals surface area contributed by atoms with Crippen molar-refractivity contribution in [1.82, 2.24) is 0 Å². The van der Waals surface area contributed by atoms with Gasteiger partial charge in [0.15, 0.2) is 0 Å². The fourth-order valence-corrected chi connectivity index (χ4v) is 5.62. The molecule has 2 rings (SSSR count). The number of halogens is 1. The third kappa shape index (κ3) is 4.09. The predicted molar refractivity (Wildman–Crippen MR) is 89.7 cm³/mol. The third-order valence-corrected chi connectivity index (χ3v) is 6.91. The Morgan fingerprint density at radius 3 is 2.74 bits per heavy atom. The van der Waals surface area contributed by atoms with E-state index in [4.69, 9.17) is 11.6 Å². The van der Waals surface area contributed by atoms with Crippen LogP contribution in [0.5, 0.6) is 0 Å². The molecular weight excluding hydrogens is 316 g/mol. The molecule has 1 atom stereocenters. The summed E-state index contributed by atoms with van der Waals surface area (Å²) in [6.45, 7) is 5.60. The number of benzene rings is 1. The number of carbonyl (C=O) groups excluding carboxylic acids is 1. The van der Waals surface area contributed by atoms with Gasteiger partial charge in [0, 0.05) is 15.7 Å². The first-order valence-corrected chi connectivity index (χ1v) is 8.80. The molecule has 1 aromatic rings. The molecule has 100 valence electrons. The van der Waals surface area contributed by atoms with Gasteiger partial charge in [-0.2, -0.15) is 0 Å². The molecule has 0 fully saturated rings. The van der Waals surface area contributed by atoms with Crippen LogP contribution in [0.25, 0.3) is 0 Å². The van der Waals surface area contributed by atoms with Crippen LogP contribution in [0.4, 0.5) is 0 Å². The van der Waals surface area contributed by atoms with Crippen molar-refractivity contribution in [3.8, 4) is 0 Å². The van der Waals surface area contributed by atoms with E-state index >= 15 is 0 Å². The Kier molecular flexibility index (Phi) is 5.51. The highest BCUT2D eigenvalue weighted by atomic mass is 35.5. The minimum Gasteiger partial charge on any atom is -0.282 e. The molecule has 0 spiro atoms. The summed E-state index contributed by atoms with van der Waals surface area (Å²) >= 11 is 10.9. The standard InChI is InChI=1S/C14H13ClOS3/c1-3-13(16)17-8-12-9(2)18-14(19-12)10-4-6-11(15)7-5-10/h3-7,14H,1,8H2,2H3. The summed E-state index contributed by atoms with van der Waals surface area (Å²) in [5.41, 5.74) is 1.26. The summed E-state index contributed by atoms with van der Waals surface area (Å²) in [6, 6.07) is 7.96. The normalized spacial score (nSPS) is 18.7. The summed E-state index contributed by atoms with van der Waals surface area (Å²) < 4.78 is 0.367. The van der Waals surface area contributed by atoms with Crippen molar-refractivity contribution in [3.63, 3.8) is 0 Å². The highest BCUT2D eigenvalue weighted by Gasteiger charge is 2.25. The molecule has 0 saturated carbocycles. The van der Waals surface area contributed by atoms with Gasteiger partial charge in [-0.3, -0.25) is 4.79 Å². The van der Waals surface area contributed by atoms with Crippen LogP contribution < -0.4 is 0 Å². The Morgan fingerprint density at radius 1 is 1.42 bits per heavy atom. The second-order valence-electron chi connectivity index (χ2n) is 3.91. The minimum atomic E-state index is 0.0286. The zero-order valence-electron chi connectivity index (χ0n) is 10.4. The highest BCUT2D eigenvalue weighted by Crippen LogP contribution is 2.55. The lowest BCUT2D eigenvalue weighted by molar-refractivity contribution is -0.107. The van der Waals surface area contributed by atoms with Crippen LogP contribution in [0.15, 0.2) is 46.7 Å². The van der Waals surface area contributed by atoms with Crippen LogP contribution in [0.1, 0.15) is 17.1 Å². The van der Waals surface area contributed by atoms with Crippen molar-refractivity contribution < 1.29 is 4.79 Å². The summed E-state index contributed by atoms with van der Waals surface area (Å²) in [6.07, 6.45) is 1.37. The van der Waals surface area contributed by atoms with Gasteiger partial charge in [0.1, 0.15) is 0 Å². The monoisotopic (exact) mass is 328 g/mol. The van der Waals surface area contributed by atoms with E-state index in [2.05, 4.69) is 25.6 Å². The fraction of sp³-hybridized carbons (Fsp3) is 0.214. The van der Waals surface area contributed by atoms with E-state index in [9.17, 15) is 4.79 Å². The van der Waals surface area contributed by atoms with E-state index in [1.54, 1.807) is 0 Å². The van der Waals surface area contributed by atoms with Crippen molar-refractivity contribution in [2.75, 3.05) is 5.75 Å². The van der Waals surface area contributed by atoms with Gasteiger partial charge in [0.05, 0.1) is 4.58 Å². The number of thioether (sulfide) groups is 3. The molecule has 0 amide bonds. The maximum absolute atomic E-state index is 11.3. The molecule has 0 aliphatic carbocycles. The average molecular weight is 329 g/mol. The SMILES string of the molecule is C=CC(=O)SCC1=C(C)SC(c2ccc(Cl)cc2)S1. The Labute approximate surface area is 131 Å². The Bertz CT molecular complexity index is 522. The van der Waals surface area contributed by atoms with Crippen molar-refractivity contribution >= 4 is 52.0 Å². The van der Waals surface area contributed by atoms with E-state index < -0.39 is 0 Å². The smallest absolute Gasteiger partial charge is 0.211 e. The number of hydrogen-bond acceptors (Lipinski definition) is 4. The molecule has 1 aliphatic heterocycles. The Balaban J connectivity index is 1.98. The van der Waals surface area contributed by atoms with Crippen molar-refractivity contribution in [3.05, 3.63) is 57.3 Å². The molecule has 0 saturated heterocycles.